The SMILES string of the molecule is CC1=CC(=Cc2cc(C)c(O)c(C)c2)C=C(C)C1=O. The number of Topliss-reactive ketones (excluding diaryl/α,β-unsaturated/α-hetero) is 1. The monoisotopic (exact) mass is 254 g/mol. The van der Waals surface area contributed by atoms with E-state index in [1.165, 1.54) is 0 Å². The zero-order valence-electron chi connectivity index (χ0n) is 11.7. The van der Waals surface area contributed by atoms with Crippen LogP contribution in [0.1, 0.15) is 30.5 Å². The molecular formula is C17H18O2. The predicted molar refractivity (Wildman–Crippen MR) is 78.1 cm³/mol. The molecule has 2 heteroatoms. The van der Waals surface area contributed by atoms with Gasteiger partial charge in [0.2, 0.25) is 0 Å². The van der Waals surface area contributed by atoms with E-state index in [1.807, 2.05) is 58.1 Å². The van der Waals surface area contributed by atoms with Crippen LogP contribution in [-0.4, -0.2) is 10.9 Å². The van der Waals surface area contributed by atoms with Crippen molar-refractivity contribution in [2.45, 2.75) is 27.7 Å². The second kappa shape index (κ2) is 4.88. The number of ketones is 1. The average Bonchev–Trinajstić information content (AvgIpc) is 2.33. The molecule has 0 unspecified atom stereocenters. The van der Waals surface area contributed by atoms with E-state index >= 15 is 0 Å². The molecule has 0 heterocycles. The number of aryl methyl sites for hydroxylation is 2. The van der Waals surface area contributed by atoms with Crippen LogP contribution in [-0.2, 0) is 4.79 Å². The van der Waals surface area contributed by atoms with Crippen LogP contribution in [0.25, 0.3) is 6.08 Å². The van der Waals surface area contributed by atoms with Crippen molar-refractivity contribution in [2.75, 3.05) is 0 Å². The Morgan fingerprint density at radius 2 is 1.42 bits per heavy atom. The zero-order valence-corrected chi connectivity index (χ0v) is 11.7. The van der Waals surface area contributed by atoms with E-state index in [9.17, 15) is 9.90 Å². The Kier molecular flexibility index (Phi) is 3.43. The Hall–Kier alpha value is -2.09. The molecule has 98 valence electrons. The smallest absolute Gasteiger partial charge is 0.184 e. The Labute approximate surface area is 113 Å². The fourth-order valence-corrected chi connectivity index (χ4v) is 2.33. The normalized spacial score (nSPS) is 15.2. The summed E-state index contributed by atoms with van der Waals surface area (Å²) in [6.07, 6.45) is 5.82. The van der Waals surface area contributed by atoms with Gasteiger partial charge >= 0.3 is 0 Å². The van der Waals surface area contributed by atoms with Gasteiger partial charge in [0.25, 0.3) is 0 Å². The highest BCUT2D eigenvalue weighted by Gasteiger charge is 2.12. The summed E-state index contributed by atoms with van der Waals surface area (Å²) in [4.78, 5) is 11.7. The molecule has 2 rings (SSSR count). The summed E-state index contributed by atoms with van der Waals surface area (Å²) in [6, 6.07) is 3.89. The first kappa shape index (κ1) is 13.3. The highest BCUT2D eigenvalue weighted by molar-refractivity contribution is 6.09. The van der Waals surface area contributed by atoms with Crippen LogP contribution in [0.5, 0.6) is 5.75 Å². The van der Waals surface area contributed by atoms with Gasteiger partial charge in [-0.25, -0.2) is 0 Å². The molecule has 1 N–H and O–H groups in total. The average molecular weight is 254 g/mol. The maximum atomic E-state index is 11.7. The molecule has 0 fully saturated rings. The van der Waals surface area contributed by atoms with Crippen molar-refractivity contribution in [3.8, 4) is 5.75 Å². The Bertz CT molecular complexity index is 596. The van der Waals surface area contributed by atoms with Gasteiger partial charge in [-0.2, -0.15) is 0 Å². The van der Waals surface area contributed by atoms with Crippen molar-refractivity contribution in [3.05, 3.63) is 57.7 Å². The Morgan fingerprint density at radius 1 is 0.947 bits per heavy atom. The maximum Gasteiger partial charge on any atom is 0.184 e. The van der Waals surface area contributed by atoms with E-state index in [-0.39, 0.29) is 5.78 Å². The third kappa shape index (κ3) is 2.68. The molecule has 0 spiro atoms. The number of phenols is 1. The van der Waals surface area contributed by atoms with E-state index in [0.29, 0.717) is 5.75 Å². The van der Waals surface area contributed by atoms with Crippen molar-refractivity contribution in [1.29, 1.82) is 0 Å². The number of aromatic hydroxyl groups is 1. The molecule has 0 radical (unpaired) electrons. The number of hydrogen-bond acceptors (Lipinski definition) is 2. The van der Waals surface area contributed by atoms with Gasteiger partial charge in [0, 0.05) is 0 Å². The topological polar surface area (TPSA) is 37.3 Å². The van der Waals surface area contributed by atoms with Gasteiger partial charge in [-0.3, -0.25) is 4.79 Å². The summed E-state index contributed by atoms with van der Waals surface area (Å²) >= 11 is 0. The quantitative estimate of drug-likeness (QED) is 0.826. The van der Waals surface area contributed by atoms with Crippen LogP contribution in [0.4, 0.5) is 0 Å². The lowest BCUT2D eigenvalue weighted by Crippen LogP contribution is -2.05. The van der Waals surface area contributed by atoms with E-state index in [0.717, 1.165) is 33.4 Å². The lowest BCUT2D eigenvalue weighted by molar-refractivity contribution is -0.112. The van der Waals surface area contributed by atoms with Crippen molar-refractivity contribution < 1.29 is 9.90 Å². The number of carbonyl (C=O) groups is 1. The molecule has 0 bridgehead atoms. The van der Waals surface area contributed by atoms with Crippen molar-refractivity contribution >= 4 is 11.9 Å². The number of carbonyl (C=O) groups excluding carboxylic acids is 1. The lowest BCUT2D eigenvalue weighted by atomic mass is 9.94. The second-order valence-corrected chi connectivity index (χ2v) is 5.13. The van der Waals surface area contributed by atoms with E-state index in [4.69, 9.17) is 0 Å². The molecule has 1 aromatic carbocycles. The van der Waals surface area contributed by atoms with Gasteiger partial charge in [-0.1, -0.05) is 0 Å². The van der Waals surface area contributed by atoms with Gasteiger partial charge in [0.05, 0.1) is 0 Å². The van der Waals surface area contributed by atoms with Gasteiger partial charge in [-0.05, 0) is 91.5 Å². The summed E-state index contributed by atoms with van der Waals surface area (Å²) in [5.74, 6) is 0.453. The molecule has 2 nitrogen and oxygen atoms in total. The van der Waals surface area contributed by atoms with E-state index in [2.05, 4.69) is 0 Å². The molecule has 0 aliphatic heterocycles. The minimum Gasteiger partial charge on any atom is -0.507 e. The lowest BCUT2D eigenvalue weighted by Gasteiger charge is -2.10. The molecule has 0 saturated heterocycles. The number of allylic oxidation sites excluding steroid dienone is 5. The summed E-state index contributed by atoms with van der Waals surface area (Å²) in [6.45, 7) is 7.44. The zero-order chi connectivity index (χ0) is 14.2. The molecule has 1 aliphatic rings. The van der Waals surface area contributed by atoms with Gasteiger partial charge in [0.1, 0.15) is 5.75 Å². The van der Waals surface area contributed by atoms with Gasteiger partial charge in [0.15, 0.2) is 5.78 Å². The molecule has 0 atom stereocenters. The van der Waals surface area contributed by atoms with Crippen LogP contribution >= 0.6 is 0 Å². The largest absolute Gasteiger partial charge is 0.507 e. The fourth-order valence-electron chi connectivity index (χ4n) is 2.33. The molecule has 19 heavy (non-hydrogen) atoms. The third-order valence-electron chi connectivity index (χ3n) is 3.33. The number of rotatable bonds is 1. The fraction of sp³-hybridized carbons (Fsp3) is 0.235. The number of phenolic OH excluding ortho intramolecular Hbond substituents is 1. The predicted octanol–water partition coefficient (Wildman–Crippen LogP) is 3.87. The highest BCUT2D eigenvalue weighted by atomic mass is 16.3. The maximum absolute atomic E-state index is 11.7. The van der Waals surface area contributed by atoms with Gasteiger partial charge < -0.3 is 5.11 Å². The highest BCUT2D eigenvalue weighted by Crippen LogP contribution is 2.26. The first-order chi connectivity index (χ1) is 8.88. The standard InChI is InChI=1S/C17H18O2/c1-10-5-14(6-11(2)16(10)18)9-15-7-12(3)17(19)13(4)8-15/h5-9,18H,1-4H3. The van der Waals surface area contributed by atoms with E-state index < -0.39 is 0 Å². The number of hydrogen-bond donors (Lipinski definition) is 1. The Balaban J connectivity index is 2.45. The molecule has 0 aromatic heterocycles. The molecule has 1 aromatic rings. The van der Waals surface area contributed by atoms with Crippen molar-refractivity contribution in [2.24, 2.45) is 0 Å². The molecule has 0 amide bonds. The Morgan fingerprint density at radius 3 is 1.89 bits per heavy atom. The summed E-state index contributed by atoms with van der Waals surface area (Å²) in [7, 11) is 0. The van der Waals surface area contributed by atoms with Crippen molar-refractivity contribution in [3.63, 3.8) is 0 Å². The molecule has 0 saturated carbocycles. The minimum atomic E-state index is 0.107. The van der Waals surface area contributed by atoms with Gasteiger partial charge in [-0.15, -0.1) is 0 Å². The minimum absolute atomic E-state index is 0.107. The summed E-state index contributed by atoms with van der Waals surface area (Å²) in [5.41, 5.74) is 5.29. The van der Waals surface area contributed by atoms with Crippen LogP contribution < -0.4 is 0 Å². The van der Waals surface area contributed by atoms with E-state index in [1.54, 1.807) is 0 Å². The summed E-state index contributed by atoms with van der Waals surface area (Å²) in [5, 5.41) is 9.77. The van der Waals surface area contributed by atoms with Crippen LogP contribution in [0.15, 0.2) is 41.0 Å². The van der Waals surface area contributed by atoms with Crippen molar-refractivity contribution in [1.82, 2.24) is 0 Å². The van der Waals surface area contributed by atoms with Crippen LogP contribution in [0, 0.1) is 13.8 Å². The summed E-state index contributed by atoms with van der Waals surface area (Å²) < 4.78 is 0. The molecule has 1 aliphatic carbocycles. The second-order valence-electron chi connectivity index (χ2n) is 5.13. The third-order valence-corrected chi connectivity index (χ3v) is 3.33. The first-order valence-electron chi connectivity index (χ1n) is 6.31. The first-order valence-corrected chi connectivity index (χ1v) is 6.31. The number of benzene rings is 1. The van der Waals surface area contributed by atoms with Crippen LogP contribution in [0.3, 0.4) is 0 Å². The van der Waals surface area contributed by atoms with Crippen LogP contribution in [0.2, 0.25) is 0 Å². The molecular weight excluding hydrogens is 236 g/mol.